The largest absolute Gasteiger partial charge is 0.393 e. The number of rotatable bonds is 6. The predicted octanol–water partition coefficient (Wildman–Crippen LogP) is 2.43. The predicted molar refractivity (Wildman–Crippen MR) is 73.3 cm³/mol. The number of aliphatic hydroxyl groups excluding tert-OH is 1. The van der Waals surface area contributed by atoms with E-state index in [0.29, 0.717) is 29.2 Å². The van der Waals surface area contributed by atoms with Crippen molar-refractivity contribution < 1.29 is 13.5 Å². The summed E-state index contributed by atoms with van der Waals surface area (Å²) in [5, 5.41) is 9.94. The second kappa shape index (κ2) is 6.34. The fraction of sp³-hybridized carbons (Fsp3) is 0.571. The Balaban J connectivity index is 2.97. The van der Waals surface area contributed by atoms with Crippen molar-refractivity contribution in [3.63, 3.8) is 0 Å². The first kappa shape index (κ1) is 15.2. The van der Waals surface area contributed by atoms with Gasteiger partial charge in [0.2, 0.25) is 0 Å². The highest BCUT2D eigenvalue weighted by molar-refractivity contribution is 7.91. The van der Waals surface area contributed by atoms with Gasteiger partial charge in [0.05, 0.1) is 16.8 Å². The fourth-order valence-corrected chi connectivity index (χ4v) is 3.16. The van der Waals surface area contributed by atoms with Crippen LogP contribution in [0.25, 0.3) is 0 Å². The lowest BCUT2D eigenvalue weighted by molar-refractivity contribution is 0.148. The Labute approximate surface area is 110 Å². The van der Waals surface area contributed by atoms with E-state index >= 15 is 0 Å². The Bertz CT molecular complexity index is 478. The second-order valence-corrected chi connectivity index (χ2v) is 7.25. The van der Waals surface area contributed by atoms with E-state index < -0.39 is 15.9 Å². The van der Waals surface area contributed by atoms with Gasteiger partial charge in [-0.1, -0.05) is 39.0 Å². The van der Waals surface area contributed by atoms with Crippen molar-refractivity contribution >= 4 is 9.84 Å². The summed E-state index contributed by atoms with van der Waals surface area (Å²) in [6, 6.07) is 6.94. The molecule has 3 nitrogen and oxygen atoms in total. The van der Waals surface area contributed by atoms with Gasteiger partial charge in [-0.05, 0) is 30.4 Å². The molecule has 0 heterocycles. The van der Waals surface area contributed by atoms with Crippen LogP contribution in [0.5, 0.6) is 0 Å². The lowest BCUT2D eigenvalue weighted by atomic mass is 10.00. The number of benzene rings is 1. The summed E-state index contributed by atoms with van der Waals surface area (Å²) in [6.45, 7) is 5.71. The molecule has 0 aromatic heterocycles. The molecule has 1 aromatic carbocycles. The molecule has 0 saturated heterocycles. The third-order valence-electron chi connectivity index (χ3n) is 2.89. The van der Waals surface area contributed by atoms with Gasteiger partial charge in [-0.15, -0.1) is 0 Å². The molecule has 4 heteroatoms. The van der Waals surface area contributed by atoms with Crippen LogP contribution in [-0.2, 0) is 16.3 Å². The molecule has 0 bridgehead atoms. The molecule has 0 aliphatic rings. The minimum atomic E-state index is -3.21. The molecule has 0 saturated carbocycles. The summed E-state index contributed by atoms with van der Waals surface area (Å²) in [6.07, 6.45) is 0.590. The Morgan fingerprint density at radius 1 is 1.22 bits per heavy atom. The van der Waals surface area contributed by atoms with Crippen molar-refractivity contribution in [1.29, 1.82) is 0 Å². The average Bonchev–Trinajstić information content (AvgIpc) is 2.28. The number of hydrogen-bond acceptors (Lipinski definition) is 3. The van der Waals surface area contributed by atoms with E-state index in [1.807, 2.05) is 19.9 Å². The van der Waals surface area contributed by atoms with Crippen LogP contribution in [0, 0.1) is 5.92 Å². The van der Waals surface area contributed by atoms with Gasteiger partial charge in [-0.2, -0.15) is 0 Å². The molecule has 0 amide bonds. The lowest BCUT2D eigenvalue weighted by Gasteiger charge is -2.15. The zero-order valence-electron chi connectivity index (χ0n) is 11.3. The highest BCUT2D eigenvalue weighted by atomic mass is 32.2. The molecule has 0 fully saturated rings. The molecule has 18 heavy (non-hydrogen) atoms. The Kier molecular flexibility index (Phi) is 5.35. The van der Waals surface area contributed by atoms with Crippen molar-refractivity contribution in [2.45, 2.75) is 44.6 Å². The molecule has 0 aliphatic heterocycles. The van der Waals surface area contributed by atoms with Crippen molar-refractivity contribution in [2.75, 3.05) is 5.75 Å². The van der Waals surface area contributed by atoms with E-state index in [9.17, 15) is 13.5 Å². The van der Waals surface area contributed by atoms with Crippen LogP contribution in [0.2, 0.25) is 0 Å². The third kappa shape index (κ3) is 4.10. The first-order valence-corrected chi connectivity index (χ1v) is 8.00. The zero-order valence-corrected chi connectivity index (χ0v) is 12.1. The summed E-state index contributed by atoms with van der Waals surface area (Å²) in [4.78, 5) is 0.357. The van der Waals surface area contributed by atoms with Gasteiger partial charge in [-0.3, -0.25) is 0 Å². The average molecular weight is 270 g/mol. The van der Waals surface area contributed by atoms with E-state index in [1.54, 1.807) is 25.1 Å². The van der Waals surface area contributed by atoms with Crippen molar-refractivity contribution in [1.82, 2.24) is 0 Å². The molecule has 1 unspecified atom stereocenters. The monoisotopic (exact) mass is 270 g/mol. The van der Waals surface area contributed by atoms with E-state index in [2.05, 4.69) is 0 Å². The second-order valence-electron chi connectivity index (χ2n) is 5.00. The zero-order chi connectivity index (χ0) is 13.8. The topological polar surface area (TPSA) is 54.4 Å². The third-order valence-corrected chi connectivity index (χ3v) is 4.72. The summed E-state index contributed by atoms with van der Waals surface area (Å²) in [5.74, 6) is 0.486. The molecule has 1 N–H and O–H groups in total. The maximum Gasteiger partial charge on any atom is 0.178 e. The van der Waals surface area contributed by atoms with Gasteiger partial charge in [0.25, 0.3) is 0 Å². The minimum Gasteiger partial charge on any atom is -0.393 e. The van der Waals surface area contributed by atoms with Crippen molar-refractivity contribution in [3.05, 3.63) is 29.8 Å². The molecule has 1 rings (SSSR count). The van der Waals surface area contributed by atoms with Crippen LogP contribution in [0.15, 0.2) is 29.2 Å². The van der Waals surface area contributed by atoms with Crippen LogP contribution in [0.4, 0.5) is 0 Å². The number of hydrogen-bond donors (Lipinski definition) is 1. The summed E-state index contributed by atoms with van der Waals surface area (Å²) in [7, 11) is -3.21. The van der Waals surface area contributed by atoms with Gasteiger partial charge < -0.3 is 5.11 Å². The molecular formula is C14H22O3S. The standard InChI is InChI=1S/C14H22O3S/c1-4-18(16,17)14-8-6-5-7-12(14)10-13(15)9-11(2)3/h5-8,11,13,15H,4,9-10H2,1-3H3. The molecule has 1 atom stereocenters. The molecule has 1 aromatic rings. The van der Waals surface area contributed by atoms with Crippen LogP contribution in [-0.4, -0.2) is 25.4 Å². The quantitative estimate of drug-likeness (QED) is 0.863. The summed E-state index contributed by atoms with van der Waals surface area (Å²) in [5.41, 5.74) is 0.715. The van der Waals surface area contributed by atoms with Crippen molar-refractivity contribution in [3.8, 4) is 0 Å². The number of aliphatic hydroxyl groups is 1. The molecule has 0 spiro atoms. The van der Waals surface area contributed by atoms with Gasteiger partial charge in [0, 0.05) is 0 Å². The summed E-state index contributed by atoms with van der Waals surface area (Å²) < 4.78 is 23.9. The van der Waals surface area contributed by atoms with Gasteiger partial charge >= 0.3 is 0 Å². The smallest absolute Gasteiger partial charge is 0.178 e. The van der Waals surface area contributed by atoms with Crippen LogP contribution < -0.4 is 0 Å². The molecule has 0 aliphatic carbocycles. The Morgan fingerprint density at radius 3 is 2.39 bits per heavy atom. The maximum absolute atomic E-state index is 11.9. The first-order chi connectivity index (χ1) is 8.36. The van der Waals surface area contributed by atoms with Crippen LogP contribution >= 0.6 is 0 Å². The molecule has 102 valence electrons. The van der Waals surface area contributed by atoms with E-state index in [4.69, 9.17) is 0 Å². The van der Waals surface area contributed by atoms with Crippen LogP contribution in [0.3, 0.4) is 0 Å². The Morgan fingerprint density at radius 2 is 1.83 bits per heavy atom. The van der Waals surface area contributed by atoms with Gasteiger partial charge in [-0.25, -0.2) is 8.42 Å². The fourth-order valence-electron chi connectivity index (χ4n) is 2.01. The summed E-state index contributed by atoms with van der Waals surface area (Å²) >= 11 is 0. The van der Waals surface area contributed by atoms with Gasteiger partial charge in [0.15, 0.2) is 9.84 Å². The molecule has 0 radical (unpaired) electrons. The Hall–Kier alpha value is -0.870. The van der Waals surface area contributed by atoms with E-state index in [1.165, 1.54) is 0 Å². The normalized spacial score (nSPS) is 13.8. The minimum absolute atomic E-state index is 0.0876. The van der Waals surface area contributed by atoms with Crippen molar-refractivity contribution in [2.24, 2.45) is 5.92 Å². The van der Waals surface area contributed by atoms with E-state index in [0.717, 1.165) is 0 Å². The first-order valence-electron chi connectivity index (χ1n) is 6.35. The van der Waals surface area contributed by atoms with Crippen LogP contribution in [0.1, 0.15) is 32.8 Å². The SMILES string of the molecule is CCS(=O)(=O)c1ccccc1CC(O)CC(C)C. The highest BCUT2D eigenvalue weighted by Gasteiger charge is 2.18. The lowest BCUT2D eigenvalue weighted by Crippen LogP contribution is -2.16. The number of sulfone groups is 1. The van der Waals surface area contributed by atoms with Gasteiger partial charge in [0.1, 0.15) is 0 Å². The van der Waals surface area contributed by atoms with E-state index in [-0.39, 0.29) is 5.75 Å². The maximum atomic E-state index is 11.9. The molecular weight excluding hydrogens is 248 g/mol. The highest BCUT2D eigenvalue weighted by Crippen LogP contribution is 2.20.